The van der Waals surface area contributed by atoms with E-state index in [1.54, 1.807) is 0 Å². The molecule has 1 fully saturated rings. The predicted molar refractivity (Wildman–Crippen MR) is 75.1 cm³/mol. The van der Waals surface area contributed by atoms with Crippen molar-refractivity contribution in [1.82, 2.24) is 5.32 Å². The topological polar surface area (TPSA) is 46.2 Å². The number of hydrogen-bond acceptors (Lipinski definition) is 3. The summed E-state index contributed by atoms with van der Waals surface area (Å²) in [5, 5.41) is 3.18. The summed E-state index contributed by atoms with van der Waals surface area (Å²) in [7, 11) is 0. The number of hydrogen-bond donors (Lipinski definition) is 1. The zero-order valence-corrected chi connectivity index (χ0v) is 11.6. The predicted octanol–water partition coefficient (Wildman–Crippen LogP) is 2.06. The van der Waals surface area contributed by atoms with Crippen molar-refractivity contribution in [1.29, 1.82) is 0 Å². The van der Waals surface area contributed by atoms with Crippen LogP contribution in [0.1, 0.15) is 30.9 Å². The lowest BCUT2D eigenvalue weighted by atomic mass is 9.88. The number of carbonyl (C=O) groups excluding carboxylic acids is 2. The number of carbonyl (C=O) groups is 2. The molecule has 0 bridgehead atoms. The highest BCUT2D eigenvalue weighted by atomic mass is 16.2. The molecule has 3 heteroatoms. The number of rotatable bonds is 5. The van der Waals surface area contributed by atoms with Crippen LogP contribution in [0.2, 0.25) is 0 Å². The van der Waals surface area contributed by atoms with E-state index in [4.69, 9.17) is 0 Å². The minimum absolute atomic E-state index is 0.0284. The SMILES string of the molecule is CC(=O)C(Cc1ccc(C)cc1)C(=O)C1CCCN1. The molecule has 0 saturated carbocycles. The molecule has 3 nitrogen and oxygen atoms in total. The first-order chi connectivity index (χ1) is 9.08. The molecule has 2 atom stereocenters. The van der Waals surface area contributed by atoms with Gasteiger partial charge in [-0.05, 0) is 45.2 Å². The van der Waals surface area contributed by atoms with Gasteiger partial charge in [0.15, 0.2) is 5.78 Å². The zero-order valence-electron chi connectivity index (χ0n) is 11.6. The summed E-state index contributed by atoms with van der Waals surface area (Å²) < 4.78 is 0. The second kappa shape index (κ2) is 6.11. The van der Waals surface area contributed by atoms with Crippen LogP contribution in [-0.4, -0.2) is 24.2 Å². The Kier molecular flexibility index (Phi) is 4.48. The quantitative estimate of drug-likeness (QED) is 0.823. The fourth-order valence-electron chi connectivity index (χ4n) is 2.57. The van der Waals surface area contributed by atoms with Crippen molar-refractivity contribution in [2.45, 2.75) is 39.2 Å². The van der Waals surface area contributed by atoms with E-state index in [1.165, 1.54) is 12.5 Å². The van der Waals surface area contributed by atoms with Crippen LogP contribution in [-0.2, 0) is 16.0 Å². The fraction of sp³-hybridized carbons (Fsp3) is 0.500. The molecule has 1 heterocycles. The number of aryl methyl sites for hydroxylation is 1. The van der Waals surface area contributed by atoms with Gasteiger partial charge in [-0.1, -0.05) is 29.8 Å². The zero-order chi connectivity index (χ0) is 13.8. The summed E-state index contributed by atoms with van der Waals surface area (Å²) in [5.41, 5.74) is 2.24. The van der Waals surface area contributed by atoms with Crippen molar-refractivity contribution in [2.75, 3.05) is 6.54 Å². The van der Waals surface area contributed by atoms with Gasteiger partial charge in [-0.2, -0.15) is 0 Å². The van der Waals surface area contributed by atoms with Crippen molar-refractivity contribution in [2.24, 2.45) is 5.92 Å². The molecule has 0 amide bonds. The van der Waals surface area contributed by atoms with E-state index in [0.717, 1.165) is 24.9 Å². The van der Waals surface area contributed by atoms with Gasteiger partial charge >= 0.3 is 0 Å². The normalized spacial score (nSPS) is 20.2. The van der Waals surface area contributed by atoms with Crippen LogP contribution in [0.25, 0.3) is 0 Å². The molecule has 2 unspecified atom stereocenters. The maximum Gasteiger partial charge on any atom is 0.160 e. The molecule has 0 aromatic heterocycles. The maximum atomic E-state index is 12.4. The van der Waals surface area contributed by atoms with E-state index in [2.05, 4.69) is 5.32 Å². The highest BCUT2D eigenvalue weighted by Gasteiger charge is 2.31. The summed E-state index contributed by atoms with van der Waals surface area (Å²) in [6.45, 7) is 4.43. The molecule has 102 valence electrons. The van der Waals surface area contributed by atoms with Crippen molar-refractivity contribution in [3.8, 4) is 0 Å². The largest absolute Gasteiger partial charge is 0.307 e. The van der Waals surface area contributed by atoms with Crippen LogP contribution < -0.4 is 5.32 Å². The Morgan fingerprint density at radius 1 is 1.32 bits per heavy atom. The van der Waals surface area contributed by atoms with Crippen LogP contribution in [0.4, 0.5) is 0 Å². The lowest BCUT2D eigenvalue weighted by Gasteiger charge is -2.17. The molecular weight excluding hydrogens is 238 g/mol. The lowest BCUT2D eigenvalue weighted by molar-refractivity contribution is -0.132. The van der Waals surface area contributed by atoms with Crippen molar-refractivity contribution in [3.63, 3.8) is 0 Å². The van der Waals surface area contributed by atoms with E-state index in [9.17, 15) is 9.59 Å². The van der Waals surface area contributed by atoms with Gasteiger partial charge in [-0.15, -0.1) is 0 Å². The second-order valence-corrected chi connectivity index (χ2v) is 5.40. The van der Waals surface area contributed by atoms with Crippen molar-refractivity contribution < 1.29 is 9.59 Å². The molecule has 0 radical (unpaired) electrons. The molecule has 1 aromatic rings. The number of Topliss-reactive ketones (excluding diaryl/α,β-unsaturated/α-hetero) is 2. The first-order valence-corrected chi connectivity index (χ1v) is 6.91. The van der Waals surface area contributed by atoms with Crippen LogP contribution >= 0.6 is 0 Å². The minimum Gasteiger partial charge on any atom is -0.307 e. The first-order valence-electron chi connectivity index (χ1n) is 6.91. The Balaban J connectivity index is 2.09. The van der Waals surface area contributed by atoms with Crippen molar-refractivity contribution >= 4 is 11.6 Å². The van der Waals surface area contributed by atoms with E-state index < -0.39 is 5.92 Å². The van der Waals surface area contributed by atoms with Gasteiger partial charge in [0.1, 0.15) is 5.78 Å². The highest BCUT2D eigenvalue weighted by Crippen LogP contribution is 2.17. The third-order valence-electron chi connectivity index (χ3n) is 3.80. The third kappa shape index (κ3) is 3.51. The highest BCUT2D eigenvalue weighted by molar-refractivity contribution is 6.04. The summed E-state index contributed by atoms with van der Waals surface area (Å²) >= 11 is 0. The van der Waals surface area contributed by atoms with Gasteiger partial charge in [-0.25, -0.2) is 0 Å². The lowest BCUT2D eigenvalue weighted by Crippen LogP contribution is -2.39. The third-order valence-corrected chi connectivity index (χ3v) is 3.80. The Labute approximate surface area is 114 Å². The minimum atomic E-state index is -0.502. The number of benzene rings is 1. The molecule has 19 heavy (non-hydrogen) atoms. The molecule has 1 saturated heterocycles. The molecule has 1 aliphatic heterocycles. The van der Waals surface area contributed by atoms with Gasteiger partial charge < -0.3 is 5.32 Å². The number of nitrogens with one attached hydrogen (secondary N) is 1. The van der Waals surface area contributed by atoms with Crippen LogP contribution in [0.15, 0.2) is 24.3 Å². The van der Waals surface area contributed by atoms with Gasteiger partial charge in [0.25, 0.3) is 0 Å². The molecule has 1 aromatic carbocycles. The van der Waals surface area contributed by atoms with Crippen molar-refractivity contribution in [3.05, 3.63) is 35.4 Å². The summed E-state index contributed by atoms with van der Waals surface area (Å²) in [5.74, 6) is -0.469. The smallest absolute Gasteiger partial charge is 0.160 e. The van der Waals surface area contributed by atoms with Crippen LogP contribution in [0.5, 0.6) is 0 Å². The molecular formula is C16H21NO2. The summed E-state index contributed by atoms with van der Waals surface area (Å²) in [4.78, 5) is 24.1. The fourth-order valence-corrected chi connectivity index (χ4v) is 2.57. The Bertz CT molecular complexity index is 458. The summed E-state index contributed by atoms with van der Waals surface area (Å²) in [6.07, 6.45) is 2.40. The van der Waals surface area contributed by atoms with Gasteiger partial charge in [-0.3, -0.25) is 9.59 Å². The second-order valence-electron chi connectivity index (χ2n) is 5.40. The Hall–Kier alpha value is -1.48. The Morgan fingerprint density at radius 2 is 2.00 bits per heavy atom. The monoisotopic (exact) mass is 259 g/mol. The van der Waals surface area contributed by atoms with Gasteiger partial charge in [0, 0.05) is 0 Å². The first kappa shape index (κ1) is 13.9. The maximum absolute atomic E-state index is 12.4. The average Bonchev–Trinajstić information content (AvgIpc) is 2.91. The van der Waals surface area contributed by atoms with Gasteiger partial charge in [0.05, 0.1) is 12.0 Å². The standard InChI is InChI=1S/C16H21NO2/c1-11-5-7-13(8-6-11)10-14(12(2)18)16(19)15-4-3-9-17-15/h5-8,14-15,17H,3-4,9-10H2,1-2H3. The van der Waals surface area contributed by atoms with Crippen LogP contribution in [0, 0.1) is 12.8 Å². The van der Waals surface area contributed by atoms with Crippen LogP contribution in [0.3, 0.4) is 0 Å². The van der Waals surface area contributed by atoms with E-state index in [-0.39, 0.29) is 17.6 Å². The van der Waals surface area contributed by atoms with E-state index in [0.29, 0.717) is 6.42 Å². The van der Waals surface area contributed by atoms with Gasteiger partial charge in [0.2, 0.25) is 0 Å². The molecule has 1 aliphatic rings. The number of ketones is 2. The van der Waals surface area contributed by atoms with E-state index >= 15 is 0 Å². The molecule has 0 spiro atoms. The average molecular weight is 259 g/mol. The molecule has 1 N–H and O–H groups in total. The summed E-state index contributed by atoms with van der Waals surface area (Å²) in [6, 6.07) is 7.91. The molecule has 2 rings (SSSR count). The molecule has 0 aliphatic carbocycles. The Morgan fingerprint density at radius 3 is 2.53 bits per heavy atom. The van der Waals surface area contributed by atoms with E-state index in [1.807, 2.05) is 31.2 Å².